The van der Waals surface area contributed by atoms with Gasteiger partial charge in [-0.05, 0) is 84.5 Å². The minimum Gasteiger partial charge on any atom is -0.543 e. The number of carbonyl (C=O) groups excluding carboxylic acids is 3. The maximum absolute atomic E-state index is 14.6. The van der Waals surface area contributed by atoms with Crippen molar-refractivity contribution >= 4 is 51.9 Å². The number of methoxy groups -OCH3 is 1. The van der Waals surface area contributed by atoms with E-state index in [-0.39, 0.29) is 39.4 Å². The van der Waals surface area contributed by atoms with Gasteiger partial charge in [-0.25, -0.2) is 9.59 Å². The highest BCUT2D eigenvalue weighted by molar-refractivity contribution is 7.98. The number of nitro groups is 1. The van der Waals surface area contributed by atoms with Gasteiger partial charge >= 0.3 is 11.9 Å². The predicted molar refractivity (Wildman–Crippen MR) is 279 cm³/mol. The number of rotatable bonds is 20. The summed E-state index contributed by atoms with van der Waals surface area (Å²) in [6.07, 6.45) is -1.07. The molecule has 0 saturated carbocycles. The maximum Gasteiger partial charge on any atom is 0.339 e. The van der Waals surface area contributed by atoms with Crippen LogP contribution in [0, 0.1) is 17.0 Å². The lowest BCUT2D eigenvalue weighted by Crippen LogP contribution is -2.49. The Balaban J connectivity index is 1.52. The largest absolute Gasteiger partial charge is 0.543 e. The van der Waals surface area contributed by atoms with Gasteiger partial charge in [0.05, 0.1) is 17.6 Å². The summed E-state index contributed by atoms with van der Waals surface area (Å²) in [6, 6.07) is 35.8. The van der Waals surface area contributed by atoms with E-state index in [0.717, 1.165) is 16.7 Å². The van der Waals surface area contributed by atoms with Gasteiger partial charge in [-0.3, -0.25) is 14.9 Å². The normalized spacial score (nSPS) is 13.2. The summed E-state index contributed by atoms with van der Waals surface area (Å²) >= 11 is 1.32. The molecule has 0 aromatic heterocycles. The quantitative estimate of drug-likeness (QED) is 0.0261. The lowest BCUT2D eigenvalue weighted by Gasteiger charge is -2.39. The number of non-ortho nitro benzene ring substituents is 1. The van der Waals surface area contributed by atoms with Gasteiger partial charge in [-0.15, -0.1) is 0 Å². The average Bonchev–Trinajstić information content (AvgIpc) is 3.30. The van der Waals surface area contributed by atoms with E-state index >= 15 is 0 Å². The zero-order chi connectivity index (χ0) is 51.0. The van der Waals surface area contributed by atoms with Crippen LogP contribution in [0.1, 0.15) is 92.2 Å². The molecule has 5 aromatic rings. The zero-order valence-corrected chi connectivity index (χ0v) is 45.1. The third-order valence-electron chi connectivity index (χ3n) is 13.3. The van der Waals surface area contributed by atoms with Crippen molar-refractivity contribution in [3.63, 3.8) is 0 Å². The summed E-state index contributed by atoms with van der Waals surface area (Å²) in [5, 5.41) is 13.9. The van der Waals surface area contributed by atoms with Crippen molar-refractivity contribution in [3.8, 4) is 11.5 Å². The first-order chi connectivity index (χ1) is 32.3. The van der Waals surface area contributed by atoms with E-state index in [1.165, 1.54) is 31.0 Å². The van der Waals surface area contributed by atoms with E-state index in [2.05, 4.69) is 73.0 Å². The Morgan fingerprint density at radius 2 is 1.19 bits per heavy atom. The second-order valence-corrected chi connectivity index (χ2v) is 30.7. The first kappa shape index (κ1) is 54.2. The molecule has 0 fully saturated rings. The van der Waals surface area contributed by atoms with Crippen LogP contribution in [0.2, 0.25) is 36.3 Å². The molecular formula is C54H68N2O10SSi2. The fourth-order valence-electron chi connectivity index (χ4n) is 7.11. The molecule has 0 aliphatic heterocycles. The van der Waals surface area contributed by atoms with E-state index in [0.29, 0.717) is 28.2 Å². The van der Waals surface area contributed by atoms with Crippen molar-refractivity contribution < 1.29 is 42.4 Å². The van der Waals surface area contributed by atoms with Gasteiger partial charge in [0.1, 0.15) is 35.9 Å². The summed E-state index contributed by atoms with van der Waals surface area (Å²) in [7, 11) is -3.78. The Morgan fingerprint density at radius 3 is 1.62 bits per heavy atom. The molecular weight excluding hydrogens is 925 g/mol. The van der Waals surface area contributed by atoms with Crippen LogP contribution in [-0.4, -0.2) is 64.4 Å². The lowest BCUT2D eigenvalue weighted by atomic mass is 9.80. The highest BCUT2D eigenvalue weighted by Gasteiger charge is 2.44. The zero-order valence-electron chi connectivity index (χ0n) is 42.3. The van der Waals surface area contributed by atoms with Crippen molar-refractivity contribution in [2.75, 3.05) is 12.9 Å². The van der Waals surface area contributed by atoms with Crippen molar-refractivity contribution in [1.29, 1.82) is 0 Å². The number of thioether (sulfide) groups is 1. The topological polar surface area (TPSA) is 153 Å². The first-order valence-corrected chi connectivity index (χ1v) is 30.1. The third-order valence-corrected chi connectivity index (χ3v) is 23.0. The first-order valence-electron chi connectivity index (χ1n) is 23.1. The highest BCUT2D eigenvalue weighted by atomic mass is 32.2. The summed E-state index contributed by atoms with van der Waals surface area (Å²) in [5.74, 6) is -0.610. The number of hydrogen-bond donors (Lipinski definition) is 1. The van der Waals surface area contributed by atoms with Crippen LogP contribution >= 0.6 is 11.8 Å². The van der Waals surface area contributed by atoms with E-state index in [1.54, 1.807) is 19.1 Å². The Bertz CT molecular complexity index is 2470. The number of nitro benzene ring substituents is 1. The predicted octanol–water partition coefficient (Wildman–Crippen LogP) is 12.3. The van der Waals surface area contributed by atoms with Gasteiger partial charge in [0.2, 0.25) is 22.5 Å². The molecule has 368 valence electrons. The maximum atomic E-state index is 14.6. The Hall–Kier alpha value is -5.75. The fourth-order valence-corrected chi connectivity index (χ4v) is 10.3. The van der Waals surface area contributed by atoms with Gasteiger partial charge in [-0.2, -0.15) is 11.8 Å². The average molecular weight is 993 g/mol. The molecule has 1 amide bonds. The Morgan fingerprint density at radius 1 is 0.725 bits per heavy atom. The van der Waals surface area contributed by atoms with Gasteiger partial charge < -0.3 is 28.4 Å². The van der Waals surface area contributed by atoms with Crippen molar-refractivity contribution in [3.05, 3.63) is 170 Å². The van der Waals surface area contributed by atoms with Crippen LogP contribution in [-0.2, 0) is 41.8 Å². The molecule has 1 N–H and O–H groups in total. The number of nitrogens with one attached hydrogen (secondary N) is 1. The summed E-state index contributed by atoms with van der Waals surface area (Å²) < 4.78 is 32.2. The SMILES string of the molecule is COC(=O)[C@H](CSCc1c(O[Si](C)(C)C(C)(C)C)cc(O[Si](C)(C)C(C)(C)C)c(C)c1C(=O)OCc1ccc([N+](=O)[O-])cc1)NC(=O)[C@H](C)OC(c1ccccc1)(c1ccccc1)c1ccccc1. The van der Waals surface area contributed by atoms with Gasteiger partial charge in [0, 0.05) is 40.8 Å². The number of nitrogens with zero attached hydrogens (tertiary/aromatic N) is 1. The number of benzene rings is 5. The number of carbonyl (C=O) groups is 3. The highest BCUT2D eigenvalue weighted by Crippen LogP contribution is 2.46. The number of ether oxygens (including phenoxy) is 3. The van der Waals surface area contributed by atoms with Gasteiger partial charge in [0.15, 0.2) is 0 Å². The fraction of sp³-hybridized carbons (Fsp3) is 0.389. The Labute approximate surface area is 414 Å². The van der Waals surface area contributed by atoms with E-state index in [1.807, 2.05) is 104 Å². The molecule has 0 heterocycles. The van der Waals surface area contributed by atoms with Crippen LogP contribution in [0.5, 0.6) is 11.5 Å². The third kappa shape index (κ3) is 12.9. The second-order valence-electron chi connectivity index (χ2n) is 20.2. The standard InChI is InChI=1S/C54H68N2O10SSi2/c1-37-46(65-68(10,11)52(3,4)5)33-47(66-69(12,13)53(6,7)8)44(48(37)51(59)63-34-39-29-31-43(32-30-39)56(60)61)35-67-36-45(50(58)62-9)55-49(57)38(2)64-54(40-23-17-14-18-24-40,41-25-19-15-20-26-41)42-27-21-16-22-28-42/h14-33,38,45H,34-36H2,1-13H3,(H,55,57)/t38-,45-/m0/s1. The lowest BCUT2D eigenvalue weighted by molar-refractivity contribution is -0.384. The van der Waals surface area contributed by atoms with Crippen LogP contribution < -0.4 is 14.2 Å². The summed E-state index contributed by atoms with van der Waals surface area (Å²) in [4.78, 5) is 53.4. The van der Waals surface area contributed by atoms with Crippen LogP contribution in [0.3, 0.4) is 0 Å². The molecule has 0 radical (unpaired) electrons. The molecule has 0 aliphatic rings. The molecule has 0 spiro atoms. The van der Waals surface area contributed by atoms with Crippen molar-refractivity contribution in [2.24, 2.45) is 0 Å². The van der Waals surface area contributed by atoms with Crippen LogP contribution in [0.4, 0.5) is 5.69 Å². The molecule has 0 unspecified atom stereocenters. The van der Waals surface area contributed by atoms with Crippen molar-refractivity contribution in [2.45, 2.75) is 122 Å². The number of hydrogen-bond acceptors (Lipinski definition) is 11. The van der Waals surface area contributed by atoms with Crippen LogP contribution in [0.25, 0.3) is 0 Å². The molecule has 5 aromatic carbocycles. The number of amides is 1. The smallest absolute Gasteiger partial charge is 0.339 e. The summed E-state index contributed by atoms with van der Waals surface area (Å²) in [6.45, 7) is 24.7. The molecule has 0 aliphatic carbocycles. The molecule has 2 atom stereocenters. The van der Waals surface area contributed by atoms with Crippen LogP contribution in [0.15, 0.2) is 121 Å². The van der Waals surface area contributed by atoms with E-state index < -0.39 is 57.2 Å². The molecule has 69 heavy (non-hydrogen) atoms. The Kier molecular flexibility index (Phi) is 17.5. The van der Waals surface area contributed by atoms with Crippen molar-refractivity contribution in [1.82, 2.24) is 5.32 Å². The monoisotopic (exact) mass is 992 g/mol. The minimum absolute atomic E-state index is 0.0599. The molecule has 0 bridgehead atoms. The van der Waals surface area contributed by atoms with Gasteiger partial charge in [0.25, 0.3) is 5.69 Å². The summed E-state index contributed by atoms with van der Waals surface area (Å²) in [5.41, 5.74) is 3.11. The van der Waals surface area contributed by atoms with E-state index in [4.69, 9.17) is 23.1 Å². The van der Waals surface area contributed by atoms with E-state index in [9.17, 15) is 24.5 Å². The number of esters is 2. The second kappa shape index (κ2) is 22.3. The molecule has 12 nitrogen and oxygen atoms in total. The molecule has 5 rings (SSSR count). The van der Waals surface area contributed by atoms with Gasteiger partial charge in [-0.1, -0.05) is 133 Å². The molecule has 0 saturated heterocycles. The minimum atomic E-state index is -2.57. The molecule has 15 heteroatoms.